The van der Waals surface area contributed by atoms with Gasteiger partial charge in [0.1, 0.15) is 0 Å². The van der Waals surface area contributed by atoms with Gasteiger partial charge in [0.2, 0.25) is 0 Å². The molecule has 1 aliphatic rings. The van der Waals surface area contributed by atoms with Gasteiger partial charge in [-0.05, 0) is 38.8 Å². The van der Waals surface area contributed by atoms with E-state index in [9.17, 15) is 0 Å². The normalized spacial score (nSPS) is 24.9. The lowest BCUT2D eigenvalue weighted by atomic mass is 9.96. The zero-order valence-electron chi connectivity index (χ0n) is 11.3. The number of rotatable bonds is 6. The highest BCUT2D eigenvalue weighted by molar-refractivity contribution is 4.78. The molecule has 1 rings (SSSR count). The SMILES string of the molecule is COCC(C)N1CCCC(CNC(C)C)C1. The minimum absolute atomic E-state index is 0.562. The molecule has 3 nitrogen and oxygen atoms in total. The Kier molecular flexibility index (Phi) is 6.32. The molecule has 1 aliphatic heterocycles. The van der Waals surface area contributed by atoms with Crippen molar-refractivity contribution in [1.82, 2.24) is 10.2 Å². The van der Waals surface area contributed by atoms with Crippen LogP contribution in [0, 0.1) is 5.92 Å². The zero-order valence-corrected chi connectivity index (χ0v) is 11.3. The van der Waals surface area contributed by atoms with Crippen LogP contribution in [0.15, 0.2) is 0 Å². The lowest BCUT2D eigenvalue weighted by Crippen LogP contribution is -2.46. The first-order valence-electron chi connectivity index (χ1n) is 6.59. The molecule has 0 saturated carbocycles. The summed E-state index contributed by atoms with van der Waals surface area (Å²) in [4.78, 5) is 2.57. The summed E-state index contributed by atoms with van der Waals surface area (Å²) in [5.74, 6) is 0.815. The Labute approximate surface area is 101 Å². The maximum Gasteiger partial charge on any atom is 0.0615 e. The number of methoxy groups -OCH3 is 1. The molecule has 2 unspecified atom stereocenters. The van der Waals surface area contributed by atoms with Gasteiger partial charge in [-0.2, -0.15) is 0 Å². The lowest BCUT2D eigenvalue weighted by Gasteiger charge is -2.37. The average molecular weight is 228 g/mol. The summed E-state index contributed by atoms with van der Waals surface area (Å²) in [6, 6.07) is 1.17. The summed E-state index contributed by atoms with van der Waals surface area (Å²) in [5, 5.41) is 3.55. The van der Waals surface area contributed by atoms with Crippen LogP contribution in [-0.4, -0.2) is 50.3 Å². The van der Waals surface area contributed by atoms with Crippen LogP contribution in [0.3, 0.4) is 0 Å². The second-order valence-electron chi connectivity index (χ2n) is 5.37. The fourth-order valence-corrected chi connectivity index (χ4v) is 2.41. The molecule has 0 amide bonds. The molecular weight excluding hydrogens is 200 g/mol. The van der Waals surface area contributed by atoms with Gasteiger partial charge in [-0.25, -0.2) is 0 Å². The Morgan fingerprint density at radius 1 is 1.38 bits per heavy atom. The summed E-state index contributed by atoms with van der Waals surface area (Å²) in [7, 11) is 1.79. The molecule has 0 bridgehead atoms. The van der Waals surface area contributed by atoms with E-state index in [-0.39, 0.29) is 0 Å². The largest absolute Gasteiger partial charge is 0.383 e. The Morgan fingerprint density at radius 3 is 2.75 bits per heavy atom. The third kappa shape index (κ3) is 4.81. The second kappa shape index (κ2) is 7.25. The second-order valence-corrected chi connectivity index (χ2v) is 5.37. The smallest absolute Gasteiger partial charge is 0.0615 e. The predicted octanol–water partition coefficient (Wildman–Crippen LogP) is 1.73. The molecule has 0 aliphatic carbocycles. The Hall–Kier alpha value is -0.120. The van der Waals surface area contributed by atoms with Gasteiger partial charge in [0.05, 0.1) is 6.61 Å². The van der Waals surface area contributed by atoms with Crippen molar-refractivity contribution in [2.75, 3.05) is 33.4 Å². The van der Waals surface area contributed by atoms with Gasteiger partial charge in [0, 0.05) is 25.7 Å². The average Bonchev–Trinajstić information content (AvgIpc) is 2.27. The molecule has 3 heteroatoms. The molecular formula is C13H28N2O. The zero-order chi connectivity index (χ0) is 12.0. The van der Waals surface area contributed by atoms with Crippen LogP contribution in [0.4, 0.5) is 0 Å². The predicted molar refractivity (Wildman–Crippen MR) is 68.8 cm³/mol. The van der Waals surface area contributed by atoms with E-state index in [1.165, 1.54) is 25.9 Å². The minimum Gasteiger partial charge on any atom is -0.383 e. The number of piperidine rings is 1. The van der Waals surface area contributed by atoms with Crippen LogP contribution in [0.2, 0.25) is 0 Å². The van der Waals surface area contributed by atoms with Crippen molar-refractivity contribution in [2.24, 2.45) is 5.92 Å². The van der Waals surface area contributed by atoms with Crippen LogP contribution in [0.25, 0.3) is 0 Å². The quantitative estimate of drug-likeness (QED) is 0.749. The van der Waals surface area contributed by atoms with E-state index in [0.29, 0.717) is 12.1 Å². The van der Waals surface area contributed by atoms with Crippen LogP contribution in [0.5, 0.6) is 0 Å². The number of likely N-dealkylation sites (tertiary alicyclic amines) is 1. The van der Waals surface area contributed by atoms with Gasteiger partial charge in [-0.3, -0.25) is 4.90 Å². The maximum atomic E-state index is 5.23. The van der Waals surface area contributed by atoms with Gasteiger partial charge < -0.3 is 10.1 Å². The Balaban J connectivity index is 2.29. The summed E-state index contributed by atoms with van der Waals surface area (Å²) >= 11 is 0. The Morgan fingerprint density at radius 2 is 2.12 bits per heavy atom. The molecule has 2 atom stereocenters. The first kappa shape index (κ1) is 13.9. The summed E-state index contributed by atoms with van der Waals surface area (Å²) in [6.07, 6.45) is 2.70. The molecule has 1 saturated heterocycles. The van der Waals surface area contributed by atoms with Crippen LogP contribution >= 0.6 is 0 Å². The molecule has 0 radical (unpaired) electrons. The van der Waals surface area contributed by atoms with E-state index in [4.69, 9.17) is 4.74 Å². The van der Waals surface area contributed by atoms with Crippen molar-refractivity contribution in [2.45, 2.75) is 45.7 Å². The number of hydrogen-bond acceptors (Lipinski definition) is 3. The van der Waals surface area contributed by atoms with E-state index < -0.39 is 0 Å². The van der Waals surface area contributed by atoms with Crippen molar-refractivity contribution in [3.63, 3.8) is 0 Å². The molecule has 0 aromatic carbocycles. The number of ether oxygens (including phenoxy) is 1. The van der Waals surface area contributed by atoms with Crippen LogP contribution in [0.1, 0.15) is 33.6 Å². The van der Waals surface area contributed by atoms with Crippen molar-refractivity contribution in [3.8, 4) is 0 Å². The fourth-order valence-electron chi connectivity index (χ4n) is 2.41. The van der Waals surface area contributed by atoms with Gasteiger partial charge in [0.25, 0.3) is 0 Å². The first-order valence-corrected chi connectivity index (χ1v) is 6.59. The van der Waals surface area contributed by atoms with Gasteiger partial charge in [-0.1, -0.05) is 13.8 Å². The van der Waals surface area contributed by atoms with Gasteiger partial charge in [0.15, 0.2) is 0 Å². The van der Waals surface area contributed by atoms with Crippen molar-refractivity contribution < 1.29 is 4.74 Å². The van der Waals surface area contributed by atoms with Crippen LogP contribution < -0.4 is 5.32 Å². The van der Waals surface area contributed by atoms with Gasteiger partial charge in [-0.15, -0.1) is 0 Å². The maximum absolute atomic E-state index is 5.23. The highest BCUT2D eigenvalue weighted by Gasteiger charge is 2.23. The van der Waals surface area contributed by atoms with Gasteiger partial charge >= 0.3 is 0 Å². The molecule has 1 heterocycles. The third-order valence-electron chi connectivity index (χ3n) is 3.40. The molecule has 0 spiro atoms. The third-order valence-corrected chi connectivity index (χ3v) is 3.40. The molecule has 0 aromatic rings. The molecule has 16 heavy (non-hydrogen) atoms. The number of nitrogens with one attached hydrogen (secondary N) is 1. The lowest BCUT2D eigenvalue weighted by molar-refractivity contribution is 0.0676. The standard InChI is InChI=1S/C13H28N2O/c1-11(2)14-8-13-6-5-7-15(9-13)12(3)10-16-4/h11-14H,5-10H2,1-4H3. The van der Waals surface area contributed by atoms with E-state index in [1.807, 2.05) is 0 Å². The van der Waals surface area contributed by atoms with E-state index in [1.54, 1.807) is 7.11 Å². The molecule has 0 aromatic heterocycles. The summed E-state index contributed by atoms with van der Waals surface area (Å²) < 4.78 is 5.23. The van der Waals surface area contributed by atoms with E-state index in [0.717, 1.165) is 19.1 Å². The summed E-state index contributed by atoms with van der Waals surface area (Å²) in [5.41, 5.74) is 0. The minimum atomic E-state index is 0.562. The monoisotopic (exact) mass is 228 g/mol. The molecule has 1 fully saturated rings. The van der Waals surface area contributed by atoms with E-state index in [2.05, 4.69) is 31.0 Å². The Bertz CT molecular complexity index is 185. The summed E-state index contributed by atoms with van der Waals surface area (Å²) in [6.45, 7) is 11.2. The highest BCUT2D eigenvalue weighted by atomic mass is 16.5. The van der Waals surface area contributed by atoms with Crippen molar-refractivity contribution in [1.29, 1.82) is 0 Å². The highest BCUT2D eigenvalue weighted by Crippen LogP contribution is 2.18. The number of nitrogens with zero attached hydrogens (tertiary/aromatic N) is 1. The topological polar surface area (TPSA) is 24.5 Å². The van der Waals surface area contributed by atoms with Crippen molar-refractivity contribution >= 4 is 0 Å². The first-order chi connectivity index (χ1) is 7.63. The van der Waals surface area contributed by atoms with Crippen LogP contribution in [-0.2, 0) is 4.74 Å². The van der Waals surface area contributed by atoms with Crippen molar-refractivity contribution in [3.05, 3.63) is 0 Å². The molecule has 96 valence electrons. The fraction of sp³-hybridized carbons (Fsp3) is 1.00. The molecule has 1 N–H and O–H groups in total. The number of hydrogen-bond donors (Lipinski definition) is 1. The van der Waals surface area contributed by atoms with E-state index >= 15 is 0 Å².